The number of esters is 1. The van der Waals surface area contributed by atoms with Crippen molar-refractivity contribution < 1.29 is 44.5 Å². The van der Waals surface area contributed by atoms with Gasteiger partial charge in [0.1, 0.15) is 35.4 Å². The summed E-state index contributed by atoms with van der Waals surface area (Å²) in [6.45, 7) is 5.15. The normalized spacial score (nSPS) is 51.4. The maximum atomic E-state index is 12.7. The molecule has 5 N–H and O–H groups in total. The van der Waals surface area contributed by atoms with Crippen LogP contribution >= 0.6 is 0 Å². The van der Waals surface area contributed by atoms with Crippen molar-refractivity contribution in [2.75, 3.05) is 6.61 Å². The number of aliphatic hydroxyl groups excluding tert-OH is 5. The van der Waals surface area contributed by atoms with Gasteiger partial charge in [-0.05, 0) is 58.8 Å². The summed E-state index contributed by atoms with van der Waals surface area (Å²) in [5.74, 6) is -0.439. The molecule has 2 saturated carbocycles. The van der Waals surface area contributed by atoms with Gasteiger partial charge in [0.05, 0.1) is 18.3 Å². The summed E-state index contributed by atoms with van der Waals surface area (Å²) in [5, 5.41) is 50.5. The highest BCUT2D eigenvalue weighted by Gasteiger charge is 2.70. The zero-order valence-corrected chi connectivity index (χ0v) is 17.7. The van der Waals surface area contributed by atoms with Gasteiger partial charge < -0.3 is 39.7 Å². The quantitative estimate of drug-likeness (QED) is 0.371. The highest BCUT2D eigenvalue weighted by atomic mass is 16.7. The fraction of sp³-hybridized carbons (Fsp3) is 0.952. The molecular weight excluding hydrogens is 396 g/mol. The molecule has 4 aliphatic rings. The highest BCUT2D eigenvalue weighted by molar-refractivity contribution is 5.82. The molecule has 4 rings (SSSR count). The maximum Gasteiger partial charge on any atom is 0.315 e. The molecule has 0 aromatic carbocycles. The molecule has 2 heterocycles. The second-order valence-corrected chi connectivity index (χ2v) is 10.2. The summed E-state index contributed by atoms with van der Waals surface area (Å²) in [7, 11) is 0. The van der Waals surface area contributed by atoms with Crippen LogP contribution in [-0.4, -0.2) is 86.1 Å². The van der Waals surface area contributed by atoms with Crippen molar-refractivity contribution >= 4 is 5.97 Å². The van der Waals surface area contributed by atoms with E-state index in [1.807, 2.05) is 20.8 Å². The number of aliphatic hydroxyl groups is 5. The van der Waals surface area contributed by atoms with Crippen molar-refractivity contribution in [1.82, 2.24) is 0 Å². The van der Waals surface area contributed by atoms with Gasteiger partial charge in [0.15, 0.2) is 6.29 Å². The van der Waals surface area contributed by atoms with Gasteiger partial charge in [0, 0.05) is 5.92 Å². The first-order valence-electron chi connectivity index (χ1n) is 10.9. The Morgan fingerprint density at radius 1 is 1.10 bits per heavy atom. The van der Waals surface area contributed by atoms with Gasteiger partial charge >= 0.3 is 5.97 Å². The molecular formula is C21H34O9. The van der Waals surface area contributed by atoms with E-state index in [1.165, 1.54) is 0 Å². The number of ether oxygens (including phenoxy) is 3. The van der Waals surface area contributed by atoms with E-state index in [1.54, 1.807) is 0 Å². The third-order valence-corrected chi connectivity index (χ3v) is 8.25. The monoisotopic (exact) mass is 430 g/mol. The summed E-state index contributed by atoms with van der Waals surface area (Å²) >= 11 is 0. The van der Waals surface area contributed by atoms with Crippen LogP contribution in [0.2, 0.25) is 0 Å². The van der Waals surface area contributed by atoms with E-state index in [2.05, 4.69) is 0 Å². The summed E-state index contributed by atoms with van der Waals surface area (Å²) in [6, 6.07) is 0. The van der Waals surface area contributed by atoms with Crippen LogP contribution in [0.25, 0.3) is 0 Å². The lowest BCUT2D eigenvalue weighted by Gasteiger charge is -2.52. The maximum absolute atomic E-state index is 12.7. The second kappa shape index (κ2) is 7.37. The Labute approximate surface area is 175 Å². The molecule has 2 aliphatic heterocycles. The minimum atomic E-state index is -1.50. The Morgan fingerprint density at radius 3 is 2.47 bits per heavy atom. The average molecular weight is 430 g/mol. The fourth-order valence-electron chi connectivity index (χ4n) is 6.25. The second-order valence-electron chi connectivity index (χ2n) is 10.2. The molecule has 0 spiro atoms. The lowest BCUT2D eigenvalue weighted by Crippen LogP contribution is -2.61. The van der Waals surface area contributed by atoms with Crippen molar-refractivity contribution in [2.24, 2.45) is 17.3 Å². The first-order chi connectivity index (χ1) is 14.0. The van der Waals surface area contributed by atoms with Gasteiger partial charge in [0.25, 0.3) is 0 Å². The predicted molar refractivity (Wildman–Crippen MR) is 102 cm³/mol. The van der Waals surface area contributed by atoms with E-state index in [0.29, 0.717) is 32.1 Å². The Kier molecular flexibility index (Phi) is 5.50. The zero-order valence-electron chi connectivity index (χ0n) is 17.7. The number of carbonyl (C=O) groups is 1. The van der Waals surface area contributed by atoms with Crippen molar-refractivity contribution in [3.8, 4) is 0 Å². The first-order valence-corrected chi connectivity index (χ1v) is 10.9. The molecule has 0 aromatic rings. The Hall–Kier alpha value is -0.810. The Balaban J connectivity index is 1.52. The standard InChI is InChI=1S/C21H34O9/c1-19(2,29-17-16(26)15(25)14(24)11(9-22)28-17)10-4-7-21-12(8-10)20(3,30-18(21)27)6-5-13(21)23/h10-17,22-26H,4-9H2,1-3H3/t10-,11-,12+,13-,14-,15+,16-,17+,20+,21+/m1/s1. The molecule has 2 bridgehead atoms. The zero-order chi connectivity index (χ0) is 22.1. The van der Waals surface area contributed by atoms with Crippen LogP contribution in [0.5, 0.6) is 0 Å². The van der Waals surface area contributed by atoms with E-state index >= 15 is 0 Å². The van der Waals surface area contributed by atoms with E-state index in [4.69, 9.17) is 14.2 Å². The van der Waals surface area contributed by atoms with E-state index < -0.39 is 60.0 Å². The van der Waals surface area contributed by atoms with E-state index in [-0.39, 0.29) is 17.8 Å². The molecule has 10 atom stereocenters. The average Bonchev–Trinajstić information content (AvgIpc) is 2.88. The molecule has 172 valence electrons. The predicted octanol–water partition coefficient (Wildman–Crippen LogP) is -0.546. The van der Waals surface area contributed by atoms with Crippen LogP contribution < -0.4 is 0 Å². The van der Waals surface area contributed by atoms with Gasteiger partial charge in [0.2, 0.25) is 0 Å². The Morgan fingerprint density at radius 2 is 1.80 bits per heavy atom. The van der Waals surface area contributed by atoms with E-state index in [0.717, 1.165) is 0 Å². The lowest BCUT2D eigenvalue weighted by atomic mass is 9.52. The lowest BCUT2D eigenvalue weighted by molar-refractivity contribution is -0.330. The molecule has 30 heavy (non-hydrogen) atoms. The fourth-order valence-corrected chi connectivity index (χ4v) is 6.25. The number of hydrogen-bond acceptors (Lipinski definition) is 9. The van der Waals surface area contributed by atoms with E-state index in [9.17, 15) is 30.3 Å². The third kappa shape index (κ3) is 3.13. The molecule has 9 nitrogen and oxygen atoms in total. The van der Waals surface area contributed by atoms with Gasteiger partial charge in [-0.1, -0.05) is 0 Å². The highest BCUT2D eigenvalue weighted by Crippen LogP contribution is 2.63. The SMILES string of the molecule is CC(C)(O[C@@H]1O[C@H](CO)[C@@H](O)[C@H](O)[C@H]1O)[C@@H]1CC[C@@]23C(=O)O[C@@](C)(CC[C@H]2O)[C@@H]3C1. The van der Waals surface area contributed by atoms with Crippen molar-refractivity contribution in [1.29, 1.82) is 0 Å². The molecule has 2 saturated heterocycles. The van der Waals surface area contributed by atoms with Crippen LogP contribution in [0.15, 0.2) is 0 Å². The summed E-state index contributed by atoms with van der Waals surface area (Å²) in [5.41, 5.74) is -2.26. The molecule has 0 aromatic heterocycles. The van der Waals surface area contributed by atoms with Crippen LogP contribution in [0.4, 0.5) is 0 Å². The molecule has 0 unspecified atom stereocenters. The van der Waals surface area contributed by atoms with Crippen LogP contribution in [0, 0.1) is 17.3 Å². The van der Waals surface area contributed by atoms with Gasteiger partial charge in [-0.25, -0.2) is 0 Å². The smallest absolute Gasteiger partial charge is 0.315 e. The summed E-state index contributed by atoms with van der Waals surface area (Å²) in [6.07, 6.45) is -4.45. The number of hydrogen-bond donors (Lipinski definition) is 5. The minimum Gasteiger partial charge on any atom is -0.459 e. The van der Waals surface area contributed by atoms with Crippen molar-refractivity contribution in [3.05, 3.63) is 0 Å². The third-order valence-electron chi connectivity index (χ3n) is 8.25. The van der Waals surface area contributed by atoms with Gasteiger partial charge in [-0.15, -0.1) is 0 Å². The number of rotatable bonds is 4. The largest absolute Gasteiger partial charge is 0.459 e. The first kappa shape index (κ1) is 22.4. The van der Waals surface area contributed by atoms with Crippen molar-refractivity contribution in [2.45, 2.75) is 101 Å². The summed E-state index contributed by atoms with van der Waals surface area (Å²) < 4.78 is 17.4. The Bertz CT molecular complexity index is 681. The van der Waals surface area contributed by atoms with Gasteiger partial charge in [-0.3, -0.25) is 4.79 Å². The van der Waals surface area contributed by atoms with Crippen LogP contribution in [0.3, 0.4) is 0 Å². The van der Waals surface area contributed by atoms with Gasteiger partial charge in [-0.2, -0.15) is 0 Å². The molecule has 0 radical (unpaired) electrons. The van der Waals surface area contributed by atoms with Crippen LogP contribution in [-0.2, 0) is 19.0 Å². The molecule has 9 heteroatoms. The molecule has 0 amide bonds. The molecule has 2 aliphatic carbocycles. The van der Waals surface area contributed by atoms with Crippen molar-refractivity contribution in [3.63, 3.8) is 0 Å². The summed E-state index contributed by atoms with van der Waals surface area (Å²) in [4.78, 5) is 12.7. The topological polar surface area (TPSA) is 146 Å². The minimum absolute atomic E-state index is 0.0119. The van der Waals surface area contributed by atoms with Crippen LogP contribution in [0.1, 0.15) is 52.9 Å². The number of carbonyl (C=O) groups excluding carboxylic acids is 1. The molecule has 4 fully saturated rings.